The second kappa shape index (κ2) is 6.36. The Bertz CT molecular complexity index is 575. The van der Waals surface area contributed by atoms with E-state index in [1.807, 2.05) is 19.1 Å². The van der Waals surface area contributed by atoms with E-state index >= 15 is 0 Å². The first kappa shape index (κ1) is 15.5. The van der Waals surface area contributed by atoms with Crippen LogP contribution in [-0.2, 0) is 20.9 Å². The number of hydrogen-bond donors (Lipinski definition) is 0. The van der Waals surface area contributed by atoms with E-state index in [2.05, 4.69) is 4.90 Å². The third-order valence-corrected chi connectivity index (χ3v) is 4.44. The number of likely N-dealkylation sites (tertiary alicyclic amines) is 1. The topological polar surface area (TPSA) is 49.9 Å². The number of carbonyl (C=O) groups is 2. The lowest BCUT2D eigenvalue weighted by Crippen LogP contribution is -2.49. The molecule has 6 heteroatoms. The van der Waals surface area contributed by atoms with Crippen LogP contribution in [0.1, 0.15) is 18.9 Å². The number of halogens is 1. The second-order valence-corrected chi connectivity index (χ2v) is 6.28. The third kappa shape index (κ3) is 3.16. The maximum absolute atomic E-state index is 12.6. The van der Waals surface area contributed by atoms with E-state index in [0.717, 1.165) is 5.56 Å². The van der Waals surface area contributed by atoms with Crippen molar-refractivity contribution in [1.29, 1.82) is 0 Å². The van der Waals surface area contributed by atoms with Gasteiger partial charge in [-0.25, -0.2) is 0 Å². The Kier molecular flexibility index (Phi) is 4.47. The first-order valence-electron chi connectivity index (χ1n) is 7.49. The minimum Gasteiger partial charge on any atom is -0.376 e. The monoisotopic (exact) mass is 322 g/mol. The van der Waals surface area contributed by atoms with Gasteiger partial charge in [-0.3, -0.25) is 19.4 Å². The molecule has 2 heterocycles. The third-order valence-electron chi connectivity index (χ3n) is 4.19. The zero-order valence-electron chi connectivity index (χ0n) is 12.5. The zero-order valence-corrected chi connectivity index (χ0v) is 13.3. The maximum atomic E-state index is 12.6. The van der Waals surface area contributed by atoms with Crippen molar-refractivity contribution >= 4 is 23.4 Å². The molecule has 118 valence electrons. The number of imide groups is 1. The minimum atomic E-state index is -0.342. The second-order valence-electron chi connectivity index (χ2n) is 5.84. The predicted octanol–water partition coefficient (Wildman–Crippen LogP) is 1.69. The van der Waals surface area contributed by atoms with E-state index in [1.165, 1.54) is 4.90 Å². The highest BCUT2D eigenvalue weighted by atomic mass is 35.5. The Morgan fingerprint density at radius 3 is 2.68 bits per heavy atom. The van der Waals surface area contributed by atoms with Crippen molar-refractivity contribution < 1.29 is 14.3 Å². The highest BCUT2D eigenvalue weighted by Crippen LogP contribution is 2.23. The first-order valence-corrected chi connectivity index (χ1v) is 7.86. The molecule has 5 nitrogen and oxygen atoms in total. The summed E-state index contributed by atoms with van der Waals surface area (Å²) < 4.78 is 5.50. The van der Waals surface area contributed by atoms with Crippen LogP contribution >= 0.6 is 11.6 Å². The zero-order chi connectivity index (χ0) is 15.7. The largest absolute Gasteiger partial charge is 0.376 e. The van der Waals surface area contributed by atoms with E-state index in [4.69, 9.17) is 16.3 Å². The normalized spacial score (nSPS) is 26.7. The molecule has 2 fully saturated rings. The molecule has 1 aromatic rings. The number of amides is 2. The van der Waals surface area contributed by atoms with Crippen LogP contribution in [0.5, 0.6) is 0 Å². The summed E-state index contributed by atoms with van der Waals surface area (Å²) in [5.74, 6) is -0.210. The Labute approximate surface area is 134 Å². The lowest BCUT2D eigenvalue weighted by molar-refractivity contribution is -0.141. The number of rotatable bonds is 3. The summed E-state index contributed by atoms with van der Waals surface area (Å²) in [6.45, 7) is 4.29. The van der Waals surface area contributed by atoms with Gasteiger partial charge >= 0.3 is 0 Å². The molecule has 2 amide bonds. The Hall–Kier alpha value is -1.43. The van der Waals surface area contributed by atoms with Gasteiger partial charge in [0.2, 0.25) is 11.8 Å². The quantitative estimate of drug-likeness (QED) is 0.795. The van der Waals surface area contributed by atoms with Crippen LogP contribution in [0.4, 0.5) is 0 Å². The lowest BCUT2D eigenvalue weighted by atomic mass is 10.1. The molecule has 0 spiro atoms. The summed E-state index contributed by atoms with van der Waals surface area (Å²) >= 11 is 5.86. The Balaban J connectivity index is 1.69. The van der Waals surface area contributed by atoms with Crippen molar-refractivity contribution in [3.05, 3.63) is 34.9 Å². The molecular weight excluding hydrogens is 304 g/mol. The van der Waals surface area contributed by atoms with Crippen molar-refractivity contribution in [2.45, 2.75) is 32.0 Å². The molecule has 2 aliphatic rings. The summed E-state index contributed by atoms with van der Waals surface area (Å²) in [5.41, 5.74) is 0.905. The SMILES string of the molecule is C[C@H]1CN([C@@H]2CC(=O)N(Cc3ccc(Cl)cc3)C2=O)CCO1. The molecule has 0 saturated carbocycles. The highest BCUT2D eigenvalue weighted by molar-refractivity contribution is 6.30. The molecule has 0 radical (unpaired) electrons. The molecule has 0 aromatic heterocycles. The molecule has 2 atom stereocenters. The van der Waals surface area contributed by atoms with Crippen molar-refractivity contribution in [3.63, 3.8) is 0 Å². The summed E-state index contributed by atoms with van der Waals surface area (Å²) in [5, 5.41) is 0.642. The fraction of sp³-hybridized carbons (Fsp3) is 0.500. The molecule has 2 aliphatic heterocycles. The van der Waals surface area contributed by atoms with Crippen molar-refractivity contribution in [2.24, 2.45) is 0 Å². The summed E-state index contributed by atoms with van der Waals surface area (Å²) in [7, 11) is 0. The molecule has 0 bridgehead atoms. The molecule has 0 aliphatic carbocycles. The molecule has 0 unspecified atom stereocenters. The minimum absolute atomic E-state index is 0.0990. The summed E-state index contributed by atoms with van der Waals surface area (Å²) in [6, 6.07) is 6.87. The van der Waals surface area contributed by atoms with E-state index < -0.39 is 0 Å². The van der Waals surface area contributed by atoms with Gasteiger partial charge in [-0.2, -0.15) is 0 Å². The highest BCUT2D eigenvalue weighted by Gasteiger charge is 2.42. The van der Waals surface area contributed by atoms with Gasteiger partial charge in [-0.05, 0) is 24.6 Å². The average Bonchev–Trinajstić information content (AvgIpc) is 2.77. The van der Waals surface area contributed by atoms with E-state index in [-0.39, 0.29) is 30.4 Å². The van der Waals surface area contributed by atoms with E-state index in [1.54, 1.807) is 12.1 Å². The van der Waals surface area contributed by atoms with Gasteiger partial charge in [0, 0.05) is 18.1 Å². The van der Waals surface area contributed by atoms with Gasteiger partial charge in [0.05, 0.1) is 31.7 Å². The molecule has 2 saturated heterocycles. The molecule has 3 rings (SSSR count). The predicted molar refractivity (Wildman–Crippen MR) is 82.4 cm³/mol. The lowest BCUT2D eigenvalue weighted by Gasteiger charge is -2.34. The molecular formula is C16H19ClN2O3. The smallest absolute Gasteiger partial charge is 0.247 e. The van der Waals surface area contributed by atoms with Crippen LogP contribution in [0.15, 0.2) is 24.3 Å². The fourth-order valence-corrected chi connectivity index (χ4v) is 3.14. The molecule has 22 heavy (non-hydrogen) atoms. The van der Waals surface area contributed by atoms with Gasteiger partial charge in [0.1, 0.15) is 0 Å². The van der Waals surface area contributed by atoms with Gasteiger partial charge in [-0.1, -0.05) is 23.7 Å². The van der Waals surface area contributed by atoms with Gasteiger partial charge in [0.25, 0.3) is 0 Å². The standard InChI is InChI=1S/C16H19ClN2O3/c1-11-9-18(6-7-22-11)14-8-15(20)19(16(14)21)10-12-2-4-13(17)5-3-12/h2-5,11,14H,6-10H2,1H3/t11-,14+/m0/s1. The number of benzene rings is 1. The van der Waals surface area contributed by atoms with Crippen LogP contribution in [-0.4, -0.2) is 53.5 Å². The van der Waals surface area contributed by atoms with Crippen molar-refractivity contribution in [2.75, 3.05) is 19.7 Å². The first-order chi connectivity index (χ1) is 10.5. The van der Waals surface area contributed by atoms with E-state index in [0.29, 0.717) is 31.3 Å². The summed E-state index contributed by atoms with van der Waals surface area (Å²) in [4.78, 5) is 28.2. The number of hydrogen-bond acceptors (Lipinski definition) is 4. The average molecular weight is 323 g/mol. The van der Waals surface area contributed by atoms with Crippen LogP contribution in [0.2, 0.25) is 5.02 Å². The molecule has 0 N–H and O–H groups in total. The van der Waals surface area contributed by atoms with Gasteiger partial charge < -0.3 is 4.74 Å². The molecule has 1 aromatic carbocycles. The maximum Gasteiger partial charge on any atom is 0.247 e. The number of carbonyl (C=O) groups excluding carboxylic acids is 2. The van der Waals surface area contributed by atoms with Crippen LogP contribution in [0, 0.1) is 0 Å². The van der Waals surface area contributed by atoms with Crippen LogP contribution in [0.3, 0.4) is 0 Å². The number of nitrogens with zero attached hydrogens (tertiary/aromatic N) is 2. The fourth-order valence-electron chi connectivity index (χ4n) is 3.02. The Morgan fingerprint density at radius 1 is 1.27 bits per heavy atom. The Morgan fingerprint density at radius 2 is 2.00 bits per heavy atom. The van der Waals surface area contributed by atoms with Gasteiger partial charge in [0.15, 0.2) is 0 Å². The van der Waals surface area contributed by atoms with Crippen molar-refractivity contribution in [1.82, 2.24) is 9.80 Å². The van der Waals surface area contributed by atoms with Crippen LogP contribution in [0.25, 0.3) is 0 Å². The summed E-state index contributed by atoms with van der Waals surface area (Å²) in [6.07, 6.45) is 0.362. The van der Waals surface area contributed by atoms with Crippen molar-refractivity contribution in [3.8, 4) is 0 Å². The van der Waals surface area contributed by atoms with E-state index in [9.17, 15) is 9.59 Å². The number of morpholine rings is 1. The van der Waals surface area contributed by atoms with Gasteiger partial charge in [-0.15, -0.1) is 0 Å². The van der Waals surface area contributed by atoms with Crippen LogP contribution < -0.4 is 0 Å². The number of ether oxygens (including phenoxy) is 1.